The van der Waals surface area contributed by atoms with Gasteiger partial charge in [-0.1, -0.05) is 6.92 Å². The first-order valence-electron chi connectivity index (χ1n) is 6.96. The van der Waals surface area contributed by atoms with Crippen molar-refractivity contribution in [3.8, 4) is 0 Å². The van der Waals surface area contributed by atoms with Crippen LogP contribution in [0.25, 0.3) is 0 Å². The third-order valence-corrected chi connectivity index (χ3v) is 4.29. The van der Waals surface area contributed by atoms with E-state index in [9.17, 15) is 0 Å². The lowest BCUT2D eigenvalue weighted by molar-refractivity contribution is 0.0801. The van der Waals surface area contributed by atoms with Gasteiger partial charge in [-0.3, -0.25) is 9.80 Å². The highest BCUT2D eigenvalue weighted by molar-refractivity contribution is 4.92. The van der Waals surface area contributed by atoms with E-state index in [2.05, 4.69) is 23.6 Å². The van der Waals surface area contributed by atoms with Crippen molar-refractivity contribution in [3.05, 3.63) is 0 Å². The lowest BCUT2D eigenvalue weighted by Gasteiger charge is -2.40. The molecule has 2 aliphatic heterocycles. The minimum Gasteiger partial charge on any atom is -0.379 e. The van der Waals surface area contributed by atoms with Gasteiger partial charge in [-0.15, -0.1) is 0 Å². The zero-order chi connectivity index (χ0) is 12.3. The molecule has 0 amide bonds. The molecule has 0 radical (unpaired) electrons. The molecule has 100 valence electrons. The van der Waals surface area contributed by atoms with E-state index in [1.54, 1.807) is 0 Å². The van der Waals surface area contributed by atoms with Crippen LogP contribution < -0.4 is 5.73 Å². The highest BCUT2D eigenvalue weighted by Gasteiger charge is 2.33. The standard InChI is InChI=1S/C13H27N3O/c1-3-12(2)16-7-5-15(6-8-16)10-13(14)4-9-17-11-13/h12H,3-11,14H2,1-2H3. The van der Waals surface area contributed by atoms with Gasteiger partial charge in [-0.2, -0.15) is 0 Å². The number of hydrogen-bond donors (Lipinski definition) is 1. The fraction of sp³-hybridized carbons (Fsp3) is 1.00. The second-order valence-corrected chi connectivity index (χ2v) is 5.73. The van der Waals surface area contributed by atoms with Gasteiger partial charge >= 0.3 is 0 Å². The fourth-order valence-corrected chi connectivity index (χ4v) is 2.81. The predicted molar refractivity (Wildman–Crippen MR) is 70.1 cm³/mol. The lowest BCUT2D eigenvalue weighted by atomic mass is 9.99. The summed E-state index contributed by atoms with van der Waals surface area (Å²) < 4.78 is 5.42. The molecule has 4 heteroatoms. The third kappa shape index (κ3) is 3.41. The van der Waals surface area contributed by atoms with Crippen LogP contribution in [0.3, 0.4) is 0 Å². The smallest absolute Gasteiger partial charge is 0.0659 e. The van der Waals surface area contributed by atoms with E-state index >= 15 is 0 Å². The summed E-state index contributed by atoms with van der Waals surface area (Å²) in [6.45, 7) is 11.8. The Morgan fingerprint density at radius 3 is 2.53 bits per heavy atom. The molecule has 2 fully saturated rings. The zero-order valence-electron chi connectivity index (χ0n) is 11.3. The van der Waals surface area contributed by atoms with Crippen LogP contribution in [0.2, 0.25) is 0 Å². The molecule has 0 aromatic heterocycles. The van der Waals surface area contributed by atoms with Crippen molar-refractivity contribution < 1.29 is 4.74 Å². The quantitative estimate of drug-likeness (QED) is 0.779. The van der Waals surface area contributed by atoms with Crippen molar-refractivity contribution in [1.82, 2.24) is 9.80 Å². The molecule has 0 aromatic carbocycles. The van der Waals surface area contributed by atoms with Crippen LogP contribution in [-0.4, -0.2) is 67.3 Å². The molecule has 2 rings (SSSR count). The first kappa shape index (κ1) is 13.3. The maximum absolute atomic E-state index is 6.33. The van der Waals surface area contributed by atoms with E-state index in [1.165, 1.54) is 19.5 Å². The number of nitrogens with two attached hydrogens (primary N) is 1. The van der Waals surface area contributed by atoms with Gasteiger partial charge in [0.25, 0.3) is 0 Å². The minimum atomic E-state index is -0.0848. The van der Waals surface area contributed by atoms with Gasteiger partial charge in [0, 0.05) is 45.4 Å². The highest BCUT2D eigenvalue weighted by Crippen LogP contribution is 2.18. The van der Waals surface area contributed by atoms with Gasteiger partial charge in [-0.05, 0) is 19.8 Å². The van der Waals surface area contributed by atoms with Gasteiger partial charge in [0.05, 0.1) is 12.1 Å². The molecule has 2 aliphatic rings. The van der Waals surface area contributed by atoms with Crippen molar-refractivity contribution in [2.75, 3.05) is 45.9 Å². The minimum absolute atomic E-state index is 0.0848. The molecule has 2 saturated heterocycles. The number of ether oxygens (including phenoxy) is 1. The van der Waals surface area contributed by atoms with Gasteiger partial charge in [-0.25, -0.2) is 0 Å². The van der Waals surface area contributed by atoms with E-state index in [4.69, 9.17) is 10.5 Å². The van der Waals surface area contributed by atoms with Gasteiger partial charge in [0.15, 0.2) is 0 Å². The Kier molecular flexibility index (Phi) is 4.42. The summed E-state index contributed by atoms with van der Waals surface area (Å²) in [6.07, 6.45) is 2.26. The van der Waals surface area contributed by atoms with E-state index in [0.29, 0.717) is 0 Å². The van der Waals surface area contributed by atoms with E-state index < -0.39 is 0 Å². The Morgan fingerprint density at radius 1 is 1.29 bits per heavy atom. The lowest BCUT2D eigenvalue weighted by Crippen LogP contribution is -2.56. The van der Waals surface area contributed by atoms with Crippen LogP contribution in [0.1, 0.15) is 26.7 Å². The van der Waals surface area contributed by atoms with Crippen LogP contribution >= 0.6 is 0 Å². The molecule has 4 nitrogen and oxygen atoms in total. The van der Waals surface area contributed by atoms with Crippen LogP contribution in [0, 0.1) is 0 Å². The molecule has 2 heterocycles. The molecule has 2 N–H and O–H groups in total. The largest absolute Gasteiger partial charge is 0.379 e. The Balaban J connectivity index is 1.75. The second-order valence-electron chi connectivity index (χ2n) is 5.73. The fourth-order valence-electron chi connectivity index (χ4n) is 2.81. The molecule has 2 unspecified atom stereocenters. The summed E-state index contributed by atoms with van der Waals surface area (Å²) >= 11 is 0. The summed E-state index contributed by atoms with van der Waals surface area (Å²) in [6, 6.07) is 0.721. The van der Waals surface area contributed by atoms with Crippen molar-refractivity contribution in [3.63, 3.8) is 0 Å². The topological polar surface area (TPSA) is 41.7 Å². The van der Waals surface area contributed by atoms with Crippen LogP contribution in [0.5, 0.6) is 0 Å². The normalized spacial score (nSPS) is 34.1. The molecule has 2 atom stereocenters. The first-order chi connectivity index (χ1) is 8.13. The van der Waals surface area contributed by atoms with Gasteiger partial charge in [0.1, 0.15) is 0 Å². The maximum Gasteiger partial charge on any atom is 0.0659 e. The van der Waals surface area contributed by atoms with Crippen LogP contribution in [-0.2, 0) is 4.74 Å². The van der Waals surface area contributed by atoms with E-state index in [0.717, 1.165) is 45.3 Å². The summed E-state index contributed by atoms with van der Waals surface area (Å²) in [4.78, 5) is 5.10. The number of hydrogen-bond acceptors (Lipinski definition) is 4. The Bertz CT molecular complexity index is 233. The monoisotopic (exact) mass is 241 g/mol. The van der Waals surface area contributed by atoms with Gasteiger partial charge < -0.3 is 10.5 Å². The molecule has 17 heavy (non-hydrogen) atoms. The van der Waals surface area contributed by atoms with Crippen LogP contribution in [0.15, 0.2) is 0 Å². The molecule has 0 aliphatic carbocycles. The number of nitrogens with zero attached hydrogens (tertiary/aromatic N) is 2. The Morgan fingerprint density at radius 2 is 2.00 bits per heavy atom. The Hall–Kier alpha value is -0.160. The molecular formula is C13H27N3O. The summed E-state index contributed by atoms with van der Waals surface area (Å²) in [7, 11) is 0. The zero-order valence-corrected chi connectivity index (χ0v) is 11.3. The number of rotatable bonds is 4. The molecular weight excluding hydrogens is 214 g/mol. The average molecular weight is 241 g/mol. The van der Waals surface area contributed by atoms with Crippen LogP contribution in [0.4, 0.5) is 0 Å². The number of piperazine rings is 1. The van der Waals surface area contributed by atoms with Crippen molar-refractivity contribution >= 4 is 0 Å². The van der Waals surface area contributed by atoms with Crippen molar-refractivity contribution in [1.29, 1.82) is 0 Å². The predicted octanol–water partition coefficient (Wildman–Crippen LogP) is 0.520. The first-order valence-corrected chi connectivity index (χ1v) is 6.96. The molecule has 0 bridgehead atoms. The molecule has 0 spiro atoms. The molecule has 0 saturated carbocycles. The Labute approximate surface area is 105 Å². The van der Waals surface area contributed by atoms with Gasteiger partial charge in [0.2, 0.25) is 0 Å². The maximum atomic E-state index is 6.33. The summed E-state index contributed by atoms with van der Waals surface area (Å²) in [5.41, 5.74) is 6.25. The molecule has 0 aromatic rings. The third-order valence-electron chi connectivity index (χ3n) is 4.29. The van der Waals surface area contributed by atoms with E-state index in [-0.39, 0.29) is 5.54 Å². The SMILES string of the molecule is CCC(C)N1CCN(CC2(N)CCOC2)CC1. The summed E-state index contributed by atoms with van der Waals surface area (Å²) in [5, 5.41) is 0. The second kappa shape index (κ2) is 5.65. The average Bonchev–Trinajstić information content (AvgIpc) is 2.76. The van der Waals surface area contributed by atoms with E-state index in [1.807, 2.05) is 0 Å². The van der Waals surface area contributed by atoms with Crippen molar-refractivity contribution in [2.45, 2.75) is 38.3 Å². The summed E-state index contributed by atoms with van der Waals surface area (Å²) in [5.74, 6) is 0. The van der Waals surface area contributed by atoms with Crippen molar-refractivity contribution in [2.24, 2.45) is 5.73 Å². The highest BCUT2D eigenvalue weighted by atomic mass is 16.5.